The van der Waals surface area contributed by atoms with Crippen LogP contribution in [-0.2, 0) is 33.3 Å². The minimum absolute atomic E-state index is 0.140. The molecular formula is C86H143NO8. The minimum Gasteiger partial charge on any atom is -0.545 e. The van der Waals surface area contributed by atoms with Gasteiger partial charge in [-0.15, -0.1) is 0 Å². The van der Waals surface area contributed by atoms with Gasteiger partial charge < -0.3 is 33.3 Å². The highest BCUT2D eigenvalue weighted by atomic mass is 16.7. The number of hydrogen-bond acceptors (Lipinski definition) is 8. The monoisotopic (exact) mass is 1320 g/mol. The number of carbonyl (C=O) groups excluding carboxylic acids is 3. The average molecular weight is 1320 g/mol. The van der Waals surface area contributed by atoms with Gasteiger partial charge >= 0.3 is 11.9 Å². The molecule has 0 heterocycles. The van der Waals surface area contributed by atoms with Crippen LogP contribution in [0.3, 0.4) is 0 Å². The number of quaternary nitrogens is 1. The summed E-state index contributed by atoms with van der Waals surface area (Å²) in [6, 6.07) is 0. The van der Waals surface area contributed by atoms with E-state index in [1.54, 1.807) is 0 Å². The first-order chi connectivity index (χ1) is 46.6. The van der Waals surface area contributed by atoms with Crippen molar-refractivity contribution in [1.82, 2.24) is 0 Å². The zero-order valence-corrected chi connectivity index (χ0v) is 61.7. The zero-order chi connectivity index (χ0) is 69.0. The third kappa shape index (κ3) is 76.1. The summed E-state index contributed by atoms with van der Waals surface area (Å²) in [5.74, 6) is -2.29. The van der Waals surface area contributed by atoms with E-state index in [1.807, 2.05) is 21.1 Å². The molecule has 9 nitrogen and oxygen atoms in total. The molecule has 0 radical (unpaired) electrons. The Labute approximate surface area is 584 Å². The van der Waals surface area contributed by atoms with Crippen LogP contribution in [0.25, 0.3) is 0 Å². The van der Waals surface area contributed by atoms with Gasteiger partial charge in [-0.1, -0.05) is 332 Å². The molecule has 0 aliphatic heterocycles. The highest BCUT2D eigenvalue weighted by molar-refractivity contribution is 5.70. The van der Waals surface area contributed by atoms with Gasteiger partial charge in [-0.25, -0.2) is 0 Å². The largest absolute Gasteiger partial charge is 0.545 e. The van der Waals surface area contributed by atoms with E-state index in [-0.39, 0.29) is 38.6 Å². The number of esters is 2. The van der Waals surface area contributed by atoms with Gasteiger partial charge in [0.1, 0.15) is 13.2 Å². The van der Waals surface area contributed by atoms with Gasteiger partial charge in [0.25, 0.3) is 0 Å². The normalized spacial score (nSPS) is 13.6. The van der Waals surface area contributed by atoms with E-state index in [4.69, 9.17) is 18.9 Å². The Morgan fingerprint density at radius 2 is 0.568 bits per heavy atom. The van der Waals surface area contributed by atoms with E-state index in [2.05, 4.69) is 172 Å². The maximum atomic E-state index is 13.0. The first kappa shape index (κ1) is 89.9. The lowest BCUT2D eigenvalue weighted by Crippen LogP contribution is -2.44. The number of likely N-dealkylation sites (N-methyl/N-ethyl adjacent to an activating group) is 1. The second kappa shape index (κ2) is 74.7. The second-order valence-corrected chi connectivity index (χ2v) is 26.5. The Balaban J connectivity index is 4.09. The zero-order valence-electron chi connectivity index (χ0n) is 61.7. The smallest absolute Gasteiger partial charge is 0.306 e. The maximum absolute atomic E-state index is 13.0. The molecule has 0 rings (SSSR count). The van der Waals surface area contributed by atoms with Crippen molar-refractivity contribution in [2.24, 2.45) is 0 Å². The number of carboxylic acids is 1. The van der Waals surface area contributed by atoms with Crippen LogP contribution in [0.1, 0.15) is 309 Å². The number of unbranched alkanes of at least 4 members (excludes halogenated alkanes) is 29. The quantitative estimate of drug-likeness (QED) is 0.0195. The van der Waals surface area contributed by atoms with Crippen LogP contribution in [0.4, 0.5) is 0 Å². The summed E-state index contributed by atoms with van der Waals surface area (Å²) < 4.78 is 22.8. The molecule has 540 valence electrons. The summed E-state index contributed by atoms with van der Waals surface area (Å²) >= 11 is 0. The Bertz CT molecular complexity index is 2130. The van der Waals surface area contributed by atoms with E-state index in [9.17, 15) is 19.5 Å². The maximum Gasteiger partial charge on any atom is 0.306 e. The summed E-state index contributed by atoms with van der Waals surface area (Å²) in [4.78, 5) is 37.6. The summed E-state index contributed by atoms with van der Waals surface area (Å²) in [5.41, 5.74) is 0. The molecule has 0 aromatic rings. The lowest BCUT2D eigenvalue weighted by molar-refractivity contribution is -0.870. The molecule has 0 bridgehead atoms. The summed E-state index contributed by atoms with van der Waals surface area (Å²) in [5, 5.41) is 11.9. The Hall–Kier alpha value is -5.09. The van der Waals surface area contributed by atoms with Gasteiger partial charge in [0.2, 0.25) is 0 Å². The molecular weight excluding hydrogens is 1170 g/mol. The van der Waals surface area contributed by atoms with Crippen LogP contribution in [0.2, 0.25) is 0 Å². The molecule has 0 spiro atoms. The van der Waals surface area contributed by atoms with Gasteiger partial charge in [0, 0.05) is 12.8 Å². The van der Waals surface area contributed by atoms with Gasteiger partial charge in [-0.3, -0.25) is 9.59 Å². The van der Waals surface area contributed by atoms with Gasteiger partial charge in [-0.05, 0) is 122 Å². The van der Waals surface area contributed by atoms with Crippen molar-refractivity contribution >= 4 is 17.9 Å². The number of nitrogens with zero attached hydrogens (tertiary/aromatic N) is 1. The molecule has 0 amide bonds. The SMILES string of the molecule is CC/C=C\C/C=C\C/C=C\C/C=C\C/C=C\C/C=C\C/C=C\C/C=C\CCCCCCCCCCC(=O)OC(COC(=O)CCCCCCCCCCCCCCCCCCCCCCC/C=C\C/C=C\C/C=C\C/C=C\C/C=C\CC)COC(OCC[N+](C)(C)C)C(=O)[O-]. The minimum atomic E-state index is -1.63. The fraction of sp³-hybridized carbons (Fsp3) is 0.663. The lowest BCUT2D eigenvalue weighted by atomic mass is 10.0. The van der Waals surface area contributed by atoms with Crippen LogP contribution < -0.4 is 5.11 Å². The van der Waals surface area contributed by atoms with Crippen LogP contribution in [0.15, 0.2) is 158 Å². The van der Waals surface area contributed by atoms with Crippen molar-refractivity contribution in [3.63, 3.8) is 0 Å². The molecule has 95 heavy (non-hydrogen) atoms. The molecule has 9 heteroatoms. The molecule has 2 atom stereocenters. The van der Waals surface area contributed by atoms with Gasteiger partial charge in [0.15, 0.2) is 12.4 Å². The third-order valence-corrected chi connectivity index (χ3v) is 16.3. The lowest BCUT2D eigenvalue weighted by Gasteiger charge is -2.26. The first-order valence-corrected chi connectivity index (χ1v) is 38.6. The van der Waals surface area contributed by atoms with Crippen LogP contribution in [0.5, 0.6) is 0 Å². The molecule has 2 unspecified atom stereocenters. The van der Waals surface area contributed by atoms with Crippen LogP contribution >= 0.6 is 0 Å². The number of aliphatic carboxylic acids is 1. The highest BCUT2D eigenvalue weighted by Crippen LogP contribution is 2.18. The molecule has 0 N–H and O–H groups in total. The average Bonchev–Trinajstić information content (AvgIpc) is 3.75. The second-order valence-electron chi connectivity index (χ2n) is 26.5. The number of hydrogen-bond donors (Lipinski definition) is 0. The molecule has 0 aromatic heterocycles. The highest BCUT2D eigenvalue weighted by Gasteiger charge is 2.22. The predicted molar refractivity (Wildman–Crippen MR) is 407 cm³/mol. The number of carboxylic acid groups (broad SMARTS) is 1. The summed E-state index contributed by atoms with van der Waals surface area (Å²) in [7, 11) is 5.93. The fourth-order valence-corrected chi connectivity index (χ4v) is 10.5. The Morgan fingerprint density at radius 1 is 0.316 bits per heavy atom. The predicted octanol–water partition coefficient (Wildman–Crippen LogP) is 23.5. The Morgan fingerprint density at radius 3 is 0.842 bits per heavy atom. The molecule has 0 saturated carbocycles. The van der Waals surface area contributed by atoms with E-state index in [0.717, 1.165) is 128 Å². The number of rotatable bonds is 70. The summed E-state index contributed by atoms with van der Waals surface area (Å²) in [6.07, 6.45) is 108. The van der Waals surface area contributed by atoms with Crippen LogP contribution in [-0.4, -0.2) is 82.3 Å². The molecule has 0 saturated heterocycles. The van der Waals surface area contributed by atoms with Gasteiger partial charge in [-0.2, -0.15) is 0 Å². The van der Waals surface area contributed by atoms with E-state index >= 15 is 0 Å². The first-order valence-electron chi connectivity index (χ1n) is 38.6. The van der Waals surface area contributed by atoms with Crippen molar-refractivity contribution < 1.29 is 42.9 Å². The van der Waals surface area contributed by atoms with Crippen molar-refractivity contribution in [3.8, 4) is 0 Å². The van der Waals surface area contributed by atoms with Gasteiger partial charge in [0.05, 0.1) is 40.3 Å². The standard InChI is InChI=1S/C86H143NO8/c1-6-8-10-12-14-16-18-20-22-24-26-28-30-32-34-36-38-40-41-42-43-45-46-48-50-52-54-56-58-60-62-64-66-68-70-72-74-76-83(88)93-80-82(81-94-86(85(90)91)92-79-78-87(3,4)5)95-84(89)77-75-73-71-69-67-65-63-61-59-57-55-53-51-49-47-44-39-37-35-33-31-29-27-25-23-21-19-17-15-13-11-9-7-2/h8-11,14-17,20-23,26-29,32-35,39,44,49,51,55,57,82,86H,6-7,12-13,18-19,24-25,30-31,36-38,40-43,45-48,50,52-54,56,58-81H2,1-5H3/b10-8-,11-9-,16-14-,17-15-,22-20-,23-21-,28-26-,29-27-,34-32-,35-33-,44-39-,51-49-,57-55-. The van der Waals surface area contributed by atoms with Crippen molar-refractivity contribution in [1.29, 1.82) is 0 Å². The number of ether oxygens (including phenoxy) is 4. The van der Waals surface area contributed by atoms with E-state index < -0.39 is 24.3 Å². The van der Waals surface area contributed by atoms with Crippen molar-refractivity contribution in [2.75, 3.05) is 47.5 Å². The number of carbonyl (C=O) groups is 3. The van der Waals surface area contributed by atoms with Crippen molar-refractivity contribution in [3.05, 3.63) is 158 Å². The molecule has 0 aliphatic rings. The van der Waals surface area contributed by atoms with Crippen LogP contribution in [0, 0.1) is 0 Å². The summed E-state index contributed by atoms with van der Waals surface area (Å²) in [6.45, 7) is 4.52. The fourth-order valence-electron chi connectivity index (χ4n) is 10.5. The van der Waals surface area contributed by atoms with Crippen molar-refractivity contribution in [2.45, 2.75) is 322 Å². The third-order valence-electron chi connectivity index (χ3n) is 16.3. The molecule has 0 aromatic carbocycles. The Kier molecular flexibility index (Phi) is 70.7. The number of allylic oxidation sites excluding steroid dienone is 26. The molecule has 0 fully saturated rings. The van der Waals surface area contributed by atoms with E-state index in [1.165, 1.54) is 148 Å². The topological polar surface area (TPSA) is 111 Å². The van der Waals surface area contributed by atoms with E-state index in [0.29, 0.717) is 17.4 Å². The molecule has 0 aliphatic carbocycles.